The second-order valence-electron chi connectivity index (χ2n) is 5.36. The number of nitrogens with zero attached hydrogens (tertiary/aromatic N) is 1. The second kappa shape index (κ2) is 6.63. The van der Waals surface area contributed by atoms with Gasteiger partial charge >= 0.3 is 0 Å². The van der Waals surface area contributed by atoms with Gasteiger partial charge in [0.15, 0.2) is 0 Å². The van der Waals surface area contributed by atoms with Crippen molar-refractivity contribution in [2.24, 2.45) is 5.10 Å². The predicted octanol–water partition coefficient (Wildman–Crippen LogP) is 3.64. The molecule has 0 aliphatic carbocycles. The summed E-state index contributed by atoms with van der Waals surface area (Å²) < 4.78 is 0. The molecule has 122 valence electrons. The summed E-state index contributed by atoms with van der Waals surface area (Å²) in [4.78, 5) is 23.6. The summed E-state index contributed by atoms with van der Waals surface area (Å²) >= 11 is 11.9. The van der Waals surface area contributed by atoms with E-state index in [-0.39, 0.29) is 11.5 Å². The Kier molecular flexibility index (Phi) is 4.55. The van der Waals surface area contributed by atoms with Gasteiger partial charge in [-0.05, 0) is 48.4 Å². The van der Waals surface area contributed by atoms with Crippen molar-refractivity contribution in [3.8, 4) is 0 Å². The lowest BCUT2D eigenvalue weighted by Gasteiger charge is -2.06. The summed E-state index contributed by atoms with van der Waals surface area (Å²) in [7, 11) is 0. The number of nitrogens with one attached hydrogen (secondary N) is 2. The van der Waals surface area contributed by atoms with Gasteiger partial charge < -0.3 is 5.32 Å². The molecule has 1 heterocycles. The van der Waals surface area contributed by atoms with Gasteiger partial charge in [-0.1, -0.05) is 29.3 Å². The fraction of sp³-hybridized carbons (Fsp3) is 0.118. The van der Waals surface area contributed by atoms with Gasteiger partial charge in [-0.25, -0.2) is 5.43 Å². The largest absolute Gasteiger partial charge is 0.326 e. The molecule has 0 bridgehead atoms. The number of hydrogen-bond acceptors (Lipinski definition) is 3. The van der Waals surface area contributed by atoms with Crippen LogP contribution in [0.1, 0.15) is 28.4 Å². The molecular formula is C17H13Cl2N3O2. The van der Waals surface area contributed by atoms with Crippen molar-refractivity contribution in [2.45, 2.75) is 13.3 Å². The first kappa shape index (κ1) is 16.5. The lowest BCUT2D eigenvalue weighted by molar-refractivity contribution is -0.115. The molecule has 0 radical (unpaired) electrons. The van der Waals surface area contributed by atoms with Crippen LogP contribution in [0, 0.1) is 0 Å². The zero-order chi connectivity index (χ0) is 17.3. The monoisotopic (exact) mass is 361 g/mol. The highest BCUT2D eigenvalue weighted by Crippen LogP contribution is 2.24. The molecule has 2 N–H and O–H groups in total. The number of amides is 2. The maximum absolute atomic E-state index is 12.2. The highest BCUT2D eigenvalue weighted by atomic mass is 35.5. The summed E-state index contributed by atoms with van der Waals surface area (Å²) in [5, 5.41) is 7.58. The maximum atomic E-state index is 12.2. The SMILES string of the molecule is CC(=NNC(=O)c1cc(Cl)ccc1Cl)c1ccc2c(c1)CC(=O)N2. The molecule has 24 heavy (non-hydrogen) atoms. The quantitative estimate of drug-likeness (QED) is 0.647. The molecule has 0 saturated carbocycles. The number of hydrogen-bond donors (Lipinski definition) is 2. The fourth-order valence-electron chi connectivity index (χ4n) is 2.39. The van der Waals surface area contributed by atoms with Gasteiger partial charge in [0.1, 0.15) is 0 Å². The summed E-state index contributed by atoms with van der Waals surface area (Å²) in [5.74, 6) is -0.472. The highest BCUT2D eigenvalue weighted by Gasteiger charge is 2.18. The number of benzene rings is 2. The van der Waals surface area contributed by atoms with Gasteiger partial charge in [0.05, 0.1) is 22.7 Å². The van der Waals surface area contributed by atoms with E-state index in [1.54, 1.807) is 19.1 Å². The first-order valence-corrected chi connectivity index (χ1v) is 7.92. The number of halogens is 2. The van der Waals surface area contributed by atoms with Gasteiger partial charge in [0.2, 0.25) is 5.91 Å². The average molecular weight is 362 g/mol. The minimum Gasteiger partial charge on any atom is -0.326 e. The predicted molar refractivity (Wildman–Crippen MR) is 94.9 cm³/mol. The molecule has 0 atom stereocenters. The lowest BCUT2D eigenvalue weighted by Crippen LogP contribution is -2.19. The van der Waals surface area contributed by atoms with Crippen LogP contribution < -0.4 is 10.7 Å². The van der Waals surface area contributed by atoms with E-state index in [9.17, 15) is 9.59 Å². The average Bonchev–Trinajstić information content (AvgIpc) is 2.93. The Morgan fingerprint density at radius 3 is 2.79 bits per heavy atom. The van der Waals surface area contributed by atoms with Crippen molar-refractivity contribution in [1.82, 2.24) is 5.43 Å². The van der Waals surface area contributed by atoms with E-state index in [0.29, 0.717) is 22.2 Å². The van der Waals surface area contributed by atoms with Crippen LogP contribution in [0.5, 0.6) is 0 Å². The van der Waals surface area contributed by atoms with Crippen LogP contribution in [-0.2, 0) is 11.2 Å². The third-order valence-corrected chi connectivity index (χ3v) is 4.21. The van der Waals surface area contributed by atoms with E-state index in [2.05, 4.69) is 15.8 Å². The molecule has 0 spiro atoms. The number of anilines is 1. The molecule has 3 rings (SSSR count). The topological polar surface area (TPSA) is 70.6 Å². The van der Waals surface area contributed by atoms with Crippen LogP contribution in [0.4, 0.5) is 5.69 Å². The molecule has 0 saturated heterocycles. The highest BCUT2D eigenvalue weighted by molar-refractivity contribution is 6.35. The normalized spacial score (nSPS) is 13.5. The standard InChI is InChI=1S/C17H13Cl2N3O2/c1-9(10-2-5-15-11(6-10)7-16(23)20-15)21-22-17(24)13-8-12(18)3-4-14(13)19/h2-6,8H,7H2,1H3,(H,20,23)(H,22,24). The van der Waals surface area contributed by atoms with E-state index < -0.39 is 5.91 Å². The minimum atomic E-state index is -0.445. The fourth-order valence-corrected chi connectivity index (χ4v) is 2.76. The van der Waals surface area contributed by atoms with Crippen molar-refractivity contribution < 1.29 is 9.59 Å². The summed E-state index contributed by atoms with van der Waals surface area (Å²) in [6, 6.07) is 10.2. The van der Waals surface area contributed by atoms with Crippen LogP contribution in [0.25, 0.3) is 0 Å². The van der Waals surface area contributed by atoms with E-state index >= 15 is 0 Å². The van der Waals surface area contributed by atoms with Gasteiger partial charge in [0, 0.05) is 10.7 Å². The number of hydrazone groups is 1. The van der Waals surface area contributed by atoms with Crippen molar-refractivity contribution in [1.29, 1.82) is 0 Å². The number of carbonyl (C=O) groups is 2. The van der Waals surface area contributed by atoms with Gasteiger partial charge in [0.25, 0.3) is 5.91 Å². The Morgan fingerprint density at radius 1 is 1.21 bits per heavy atom. The molecule has 0 unspecified atom stereocenters. The van der Waals surface area contributed by atoms with Crippen LogP contribution >= 0.6 is 23.2 Å². The molecule has 2 aromatic carbocycles. The third-order valence-electron chi connectivity index (χ3n) is 3.65. The Bertz CT molecular complexity index is 878. The zero-order valence-electron chi connectivity index (χ0n) is 12.7. The van der Waals surface area contributed by atoms with Crippen LogP contribution in [0.15, 0.2) is 41.5 Å². The van der Waals surface area contributed by atoms with E-state index in [1.807, 2.05) is 18.2 Å². The third kappa shape index (κ3) is 3.42. The van der Waals surface area contributed by atoms with E-state index in [1.165, 1.54) is 6.07 Å². The Balaban J connectivity index is 1.77. The minimum absolute atomic E-state index is 0.0272. The lowest BCUT2D eigenvalue weighted by atomic mass is 10.1. The summed E-state index contributed by atoms with van der Waals surface area (Å²) in [6.07, 6.45) is 0.348. The first-order chi connectivity index (χ1) is 11.4. The maximum Gasteiger partial charge on any atom is 0.272 e. The molecule has 1 aliphatic rings. The van der Waals surface area contributed by atoms with Crippen LogP contribution in [-0.4, -0.2) is 17.5 Å². The molecule has 1 aliphatic heterocycles. The van der Waals surface area contributed by atoms with Crippen LogP contribution in [0.3, 0.4) is 0 Å². The molecule has 0 fully saturated rings. The molecule has 2 amide bonds. The van der Waals surface area contributed by atoms with Crippen molar-refractivity contribution in [3.63, 3.8) is 0 Å². The Labute approximate surface area is 148 Å². The van der Waals surface area contributed by atoms with E-state index in [4.69, 9.17) is 23.2 Å². The van der Waals surface area contributed by atoms with Crippen LogP contribution in [0.2, 0.25) is 10.0 Å². The molecular weight excluding hydrogens is 349 g/mol. The Morgan fingerprint density at radius 2 is 2.00 bits per heavy atom. The van der Waals surface area contributed by atoms with Gasteiger partial charge in [-0.15, -0.1) is 0 Å². The number of rotatable bonds is 3. The van der Waals surface area contributed by atoms with Gasteiger partial charge in [-0.3, -0.25) is 9.59 Å². The van der Waals surface area contributed by atoms with Gasteiger partial charge in [-0.2, -0.15) is 5.10 Å². The first-order valence-electron chi connectivity index (χ1n) is 7.17. The van der Waals surface area contributed by atoms with Crippen molar-refractivity contribution >= 4 is 46.4 Å². The summed E-state index contributed by atoms with van der Waals surface area (Å²) in [5.41, 5.74) is 5.88. The molecule has 7 heteroatoms. The summed E-state index contributed by atoms with van der Waals surface area (Å²) in [6.45, 7) is 1.77. The second-order valence-corrected chi connectivity index (χ2v) is 6.20. The molecule has 2 aromatic rings. The number of fused-ring (bicyclic) bond motifs is 1. The number of carbonyl (C=O) groups excluding carboxylic acids is 2. The Hall–Kier alpha value is -2.37. The molecule has 0 aromatic heterocycles. The zero-order valence-corrected chi connectivity index (χ0v) is 14.2. The van der Waals surface area contributed by atoms with Crippen molar-refractivity contribution in [2.75, 3.05) is 5.32 Å². The molecule has 5 nitrogen and oxygen atoms in total. The van der Waals surface area contributed by atoms with E-state index in [0.717, 1.165) is 16.8 Å². The smallest absolute Gasteiger partial charge is 0.272 e. The van der Waals surface area contributed by atoms with Crippen molar-refractivity contribution in [3.05, 3.63) is 63.1 Å².